The summed E-state index contributed by atoms with van der Waals surface area (Å²) in [6, 6.07) is 3.83. The molecule has 2 heterocycles. The lowest BCUT2D eigenvalue weighted by Gasteiger charge is -2.12. The Morgan fingerprint density at radius 2 is 1.89 bits per heavy atom. The molecule has 0 amide bonds. The van der Waals surface area contributed by atoms with Gasteiger partial charge in [0.25, 0.3) is 0 Å². The van der Waals surface area contributed by atoms with Crippen LogP contribution in [0.1, 0.15) is 36.0 Å². The molecule has 0 saturated heterocycles. The molecule has 5 rings (SSSR count). The average Bonchev–Trinajstić information content (AvgIpc) is 3.45. The van der Waals surface area contributed by atoms with E-state index < -0.39 is 11.7 Å². The van der Waals surface area contributed by atoms with E-state index in [-0.39, 0.29) is 0 Å². The zero-order valence-corrected chi connectivity index (χ0v) is 15.1. The predicted octanol–water partition coefficient (Wildman–Crippen LogP) is 5.96. The van der Waals surface area contributed by atoms with Gasteiger partial charge in [-0.05, 0) is 48.9 Å². The van der Waals surface area contributed by atoms with Crippen molar-refractivity contribution in [1.82, 2.24) is 14.5 Å². The highest BCUT2D eigenvalue weighted by Gasteiger charge is 2.32. The van der Waals surface area contributed by atoms with E-state index >= 15 is 0 Å². The summed E-state index contributed by atoms with van der Waals surface area (Å²) in [6.45, 7) is 0.764. The second-order valence-electron chi connectivity index (χ2n) is 7.42. The highest BCUT2D eigenvalue weighted by Crippen LogP contribution is 2.38. The molecule has 1 aromatic carbocycles. The van der Waals surface area contributed by atoms with Crippen molar-refractivity contribution in [3.63, 3.8) is 0 Å². The zero-order chi connectivity index (χ0) is 19.3. The fraction of sp³-hybridized carbons (Fsp3) is 0.273. The van der Waals surface area contributed by atoms with Gasteiger partial charge in [-0.3, -0.25) is 4.98 Å². The SMILES string of the molecule is FC(F)(F)c1ccc2c(c1)nc(-c1cncc3c1C=CCC=C3)n2CC1CC1. The highest BCUT2D eigenvalue weighted by atomic mass is 19.4. The van der Waals surface area contributed by atoms with Crippen LogP contribution in [-0.2, 0) is 12.7 Å². The number of hydrogen-bond acceptors (Lipinski definition) is 2. The molecule has 0 N–H and O–H groups in total. The van der Waals surface area contributed by atoms with Crippen LogP contribution < -0.4 is 0 Å². The van der Waals surface area contributed by atoms with Crippen LogP contribution in [0.15, 0.2) is 42.7 Å². The summed E-state index contributed by atoms with van der Waals surface area (Å²) in [5, 5.41) is 0. The van der Waals surface area contributed by atoms with Gasteiger partial charge in [0, 0.05) is 30.1 Å². The summed E-state index contributed by atoms with van der Waals surface area (Å²) in [6.07, 6.45) is 10.5. The van der Waals surface area contributed by atoms with E-state index in [0.29, 0.717) is 17.3 Å². The minimum Gasteiger partial charge on any atom is -0.324 e. The smallest absolute Gasteiger partial charge is 0.324 e. The topological polar surface area (TPSA) is 30.7 Å². The van der Waals surface area contributed by atoms with Gasteiger partial charge in [0.1, 0.15) is 5.82 Å². The molecule has 3 nitrogen and oxygen atoms in total. The monoisotopic (exact) mass is 381 g/mol. The first kappa shape index (κ1) is 17.2. The van der Waals surface area contributed by atoms with Gasteiger partial charge in [0.2, 0.25) is 0 Å². The minimum absolute atomic E-state index is 0.372. The maximum Gasteiger partial charge on any atom is 0.416 e. The van der Waals surface area contributed by atoms with Crippen LogP contribution in [0.25, 0.3) is 34.6 Å². The van der Waals surface area contributed by atoms with Crippen LogP contribution in [0.2, 0.25) is 0 Å². The number of imidazole rings is 1. The summed E-state index contributed by atoms with van der Waals surface area (Å²) in [5.41, 5.74) is 3.29. The fourth-order valence-electron chi connectivity index (χ4n) is 3.70. The third-order valence-electron chi connectivity index (χ3n) is 5.33. The number of fused-ring (bicyclic) bond motifs is 2. The number of benzene rings is 1. The molecule has 0 radical (unpaired) electrons. The Morgan fingerprint density at radius 1 is 1.07 bits per heavy atom. The third-order valence-corrected chi connectivity index (χ3v) is 5.33. The maximum atomic E-state index is 13.2. The zero-order valence-electron chi connectivity index (χ0n) is 15.1. The first-order valence-electron chi connectivity index (χ1n) is 9.39. The van der Waals surface area contributed by atoms with Crippen LogP contribution in [0.5, 0.6) is 0 Å². The maximum absolute atomic E-state index is 13.2. The lowest BCUT2D eigenvalue weighted by Crippen LogP contribution is -2.05. The molecule has 2 aliphatic rings. The van der Waals surface area contributed by atoms with Gasteiger partial charge in [-0.1, -0.05) is 24.3 Å². The average molecular weight is 381 g/mol. The molecular formula is C22H18F3N3. The van der Waals surface area contributed by atoms with E-state index in [9.17, 15) is 13.2 Å². The van der Waals surface area contributed by atoms with Gasteiger partial charge in [0.15, 0.2) is 0 Å². The number of pyridine rings is 1. The van der Waals surface area contributed by atoms with E-state index in [4.69, 9.17) is 0 Å². The van der Waals surface area contributed by atoms with E-state index in [0.717, 1.165) is 60.1 Å². The van der Waals surface area contributed by atoms with Gasteiger partial charge in [-0.2, -0.15) is 13.2 Å². The Bertz CT molecular complexity index is 1120. The normalized spacial score (nSPS) is 16.4. The van der Waals surface area contributed by atoms with Crippen molar-refractivity contribution in [3.05, 3.63) is 59.4 Å². The second-order valence-corrected chi connectivity index (χ2v) is 7.42. The molecule has 2 aliphatic carbocycles. The molecular weight excluding hydrogens is 363 g/mol. The number of allylic oxidation sites excluding steroid dienone is 2. The van der Waals surface area contributed by atoms with Crippen LogP contribution in [-0.4, -0.2) is 14.5 Å². The van der Waals surface area contributed by atoms with E-state index in [2.05, 4.69) is 26.7 Å². The highest BCUT2D eigenvalue weighted by molar-refractivity contribution is 5.85. The van der Waals surface area contributed by atoms with Gasteiger partial charge in [0.05, 0.1) is 16.6 Å². The van der Waals surface area contributed by atoms with Crippen LogP contribution in [0, 0.1) is 5.92 Å². The molecule has 0 atom stereocenters. The number of alkyl halides is 3. The van der Waals surface area contributed by atoms with E-state index in [1.54, 1.807) is 18.5 Å². The Kier molecular flexibility index (Phi) is 3.89. The first-order chi connectivity index (χ1) is 13.5. The molecule has 6 heteroatoms. The predicted molar refractivity (Wildman–Crippen MR) is 103 cm³/mol. The number of halogens is 3. The molecule has 2 aromatic heterocycles. The Morgan fingerprint density at radius 3 is 2.68 bits per heavy atom. The van der Waals surface area contributed by atoms with Crippen LogP contribution in [0.4, 0.5) is 13.2 Å². The Hall–Kier alpha value is -2.89. The van der Waals surface area contributed by atoms with Gasteiger partial charge >= 0.3 is 6.18 Å². The lowest BCUT2D eigenvalue weighted by atomic mass is 10.0. The lowest BCUT2D eigenvalue weighted by molar-refractivity contribution is -0.137. The molecule has 3 aromatic rings. The molecule has 28 heavy (non-hydrogen) atoms. The second kappa shape index (κ2) is 6.33. The van der Waals surface area contributed by atoms with Crippen LogP contribution >= 0.6 is 0 Å². The summed E-state index contributed by atoms with van der Waals surface area (Å²) in [5.74, 6) is 1.25. The van der Waals surface area contributed by atoms with E-state index in [1.165, 1.54) is 0 Å². The molecule has 0 unspecified atom stereocenters. The van der Waals surface area contributed by atoms with Crippen LogP contribution in [0.3, 0.4) is 0 Å². The Labute approximate surface area is 160 Å². The van der Waals surface area contributed by atoms with Crippen molar-refractivity contribution in [1.29, 1.82) is 0 Å². The van der Waals surface area contributed by atoms with Crippen molar-refractivity contribution < 1.29 is 13.2 Å². The largest absolute Gasteiger partial charge is 0.416 e. The summed E-state index contributed by atoms with van der Waals surface area (Å²) >= 11 is 0. The summed E-state index contributed by atoms with van der Waals surface area (Å²) in [7, 11) is 0. The number of aromatic nitrogens is 3. The Balaban J connectivity index is 1.74. The summed E-state index contributed by atoms with van der Waals surface area (Å²) < 4.78 is 41.6. The molecule has 142 valence electrons. The van der Waals surface area contributed by atoms with Crippen molar-refractivity contribution in [2.45, 2.75) is 32.0 Å². The standard InChI is InChI=1S/C22H18F3N3/c23-22(24,25)16-8-9-20-19(10-16)27-21(28(20)13-14-6-7-14)18-12-26-11-15-4-2-1-3-5-17(15)18/h2-5,8-12,14H,1,6-7,13H2. The minimum atomic E-state index is -4.38. The first-order valence-corrected chi connectivity index (χ1v) is 9.39. The van der Waals surface area contributed by atoms with Crippen molar-refractivity contribution >= 4 is 23.2 Å². The fourth-order valence-corrected chi connectivity index (χ4v) is 3.70. The van der Waals surface area contributed by atoms with Crippen molar-refractivity contribution in [2.24, 2.45) is 5.92 Å². The number of nitrogens with zero attached hydrogens (tertiary/aromatic N) is 3. The molecule has 0 spiro atoms. The number of rotatable bonds is 3. The summed E-state index contributed by atoms with van der Waals surface area (Å²) in [4.78, 5) is 9.00. The third kappa shape index (κ3) is 3.03. The van der Waals surface area contributed by atoms with Gasteiger partial charge < -0.3 is 4.57 Å². The van der Waals surface area contributed by atoms with Gasteiger partial charge in [-0.25, -0.2) is 4.98 Å². The molecule has 1 saturated carbocycles. The van der Waals surface area contributed by atoms with Crippen molar-refractivity contribution in [2.75, 3.05) is 0 Å². The van der Waals surface area contributed by atoms with Crippen molar-refractivity contribution in [3.8, 4) is 11.4 Å². The molecule has 1 fully saturated rings. The quantitative estimate of drug-likeness (QED) is 0.561. The van der Waals surface area contributed by atoms with E-state index in [1.807, 2.05) is 12.2 Å². The molecule has 0 bridgehead atoms. The molecule has 0 aliphatic heterocycles. The van der Waals surface area contributed by atoms with Gasteiger partial charge in [-0.15, -0.1) is 0 Å². The number of hydrogen-bond donors (Lipinski definition) is 0.